The molecule has 1 saturated heterocycles. The lowest BCUT2D eigenvalue weighted by molar-refractivity contribution is -0.156. The van der Waals surface area contributed by atoms with Crippen molar-refractivity contribution in [3.63, 3.8) is 0 Å². The fraction of sp³-hybridized carbons (Fsp3) is 0.556. The Morgan fingerprint density at radius 1 is 1.17 bits per heavy atom. The van der Waals surface area contributed by atoms with E-state index in [1.807, 2.05) is 0 Å². The fourth-order valence-corrected chi connectivity index (χ4v) is 3.90. The van der Waals surface area contributed by atoms with Crippen molar-refractivity contribution in [3.8, 4) is 0 Å². The van der Waals surface area contributed by atoms with Crippen LogP contribution in [0.4, 0.5) is 8.78 Å². The van der Waals surface area contributed by atoms with Gasteiger partial charge >= 0.3 is 5.97 Å². The number of aliphatic carboxylic acids is 1. The number of hydrogen-bond acceptors (Lipinski definition) is 2. The van der Waals surface area contributed by atoms with Gasteiger partial charge in [0, 0.05) is 24.7 Å². The highest BCUT2D eigenvalue weighted by atomic mass is 19.1. The monoisotopic (exact) mass is 337 g/mol. The third-order valence-electron chi connectivity index (χ3n) is 5.56. The molecule has 2 fully saturated rings. The van der Waals surface area contributed by atoms with E-state index in [2.05, 4.69) is 0 Å². The molecule has 0 aromatic heterocycles. The second-order valence-electron chi connectivity index (χ2n) is 7.26. The molecule has 3 rings (SSSR count). The molecule has 1 unspecified atom stereocenters. The number of carbonyl (C=O) groups excluding carboxylic acids is 1. The summed E-state index contributed by atoms with van der Waals surface area (Å²) >= 11 is 0. The van der Waals surface area contributed by atoms with E-state index in [1.165, 1.54) is 12.1 Å². The number of carboxylic acid groups (broad SMARTS) is 1. The lowest BCUT2D eigenvalue weighted by atomic mass is 9.63. The number of rotatable bonds is 3. The van der Waals surface area contributed by atoms with Crippen LogP contribution in [0.3, 0.4) is 0 Å². The van der Waals surface area contributed by atoms with E-state index >= 15 is 0 Å². The predicted octanol–water partition coefficient (Wildman–Crippen LogP) is 3.10. The molecule has 0 bridgehead atoms. The van der Waals surface area contributed by atoms with Crippen molar-refractivity contribution >= 4 is 11.9 Å². The maximum atomic E-state index is 14.3. The minimum atomic E-state index is -0.978. The molecule has 1 atom stereocenters. The number of benzene rings is 1. The van der Waals surface area contributed by atoms with Gasteiger partial charge in [0.15, 0.2) is 0 Å². The van der Waals surface area contributed by atoms with Gasteiger partial charge in [0.1, 0.15) is 11.6 Å². The van der Waals surface area contributed by atoms with E-state index in [4.69, 9.17) is 0 Å². The van der Waals surface area contributed by atoms with Crippen molar-refractivity contribution in [1.29, 1.82) is 0 Å². The second-order valence-corrected chi connectivity index (χ2v) is 7.26. The normalized spacial score (nSPS) is 25.9. The van der Waals surface area contributed by atoms with Crippen LogP contribution < -0.4 is 0 Å². The molecule has 0 spiro atoms. The summed E-state index contributed by atoms with van der Waals surface area (Å²) in [4.78, 5) is 26.2. The summed E-state index contributed by atoms with van der Waals surface area (Å²) in [5.41, 5.74) is -1.72. The first-order valence-electron chi connectivity index (χ1n) is 8.27. The lowest BCUT2D eigenvalue weighted by Gasteiger charge is -2.47. The zero-order chi connectivity index (χ0) is 17.5. The van der Waals surface area contributed by atoms with E-state index in [9.17, 15) is 23.5 Å². The SMILES string of the molecule is CC1(C(=O)O)CCCN(C(=O)C2(c3ccc(F)cc3F)CCC2)C1. The number of piperidine rings is 1. The maximum absolute atomic E-state index is 14.3. The Hall–Kier alpha value is -1.98. The largest absolute Gasteiger partial charge is 0.481 e. The highest BCUT2D eigenvalue weighted by molar-refractivity contribution is 5.90. The van der Waals surface area contributed by atoms with Crippen molar-refractivity contribution in [1.82, 2.24) is 4.90 Å². The van der Waals surface area contributed by atoms with Gasteiger partial charge in [0.25, 0.3) is 0 Å². The Bertz CT molecular complexity index is 687. The smallest absolute Gasteiger partial charge is 0.311 e. The zero-order valence-electron chi connectivity index (χ0n) is 13.6. The number of hydrogen-bond donors (Lipinski definition) is 1. The third kappa shape index (κ3) is 2.58. The third-order valence-corrected chi connectivity index (χ3v) is 5.56. The average Bonchev–Trinajstić information content (AvgIpc) is 2.48. The fourth-order valence-electron chi connectivity index (χ4n) is 3.90. The van der Waals surface area contributed by atoms with E-state index in [0.29, 0.717) is 32.2 Å². The quantitative estimate of drug-likeness (QED) is 0.922. The number of carbonyl (C=O) groups is 2. The van der Waals surface area contributed by atoms with E-state index < -0.39 is 28.4 Å². The summed E-state index contributed by atoms with van der Waals surface area (Å²) in [6, 6.07) is 3.33. The van der Waals surface area contributed by atoms with Gasteiger partial charge in [-0.15, -0.1) is 0 Å². The molecule has 130 valence electrons. The van der Waals surface area contributed by atoms with Crippen LogP contribution in [0.25, 0.3) is 0 Å². The Morgan fingerprint density at radius 3 is 2.42 bits per heavy atom. The minimum absolute atomic E-state index is 0.131. The Balaban J connectivity index is 1.90. The standard InChI is InChI=1S/C18H21F2NO3/c1-17(16(23)24)6-3-9-21(11-17)15(22)18(7-2-8-18)13-5-4-12(19)10-14(13)20/h4-5,10H,2-3,6-9,11H2,1H3,(H,23,24). The number of amides is 1. The number of nitrogens with zero attached hydrogens (tertiary/aromatic N) is 1. The molecule has 1 N–H and O–H groups in total. The van der Waals surface area contributed by atoms with Gasteiger partial charge in [0.05, 0.1) is 10.8 Å². The van der Waals surface area contributed by atoms with Crippen LogP contribution in [0.5, 0.6) is 0 Å². The van der Waals surface area contributed by atoms with Crippen LogP contribution in [0.15, 0.2) is 18.2 Å². The summed E-state index contributed by atoms with van der Waals surface area (Å²) in [6.45, 7) is 2.25. The lowest BCUT2D eigenvalue weighted by Crippen LogP contribution is -2.56. The molecule has 6 heteroatoms. The molecular weight excluding hydrogens is 316 g/mol. The zero-order valence-corrected chi connectivity index (χ0v) is 13.6. The van der Waals surface area contributed by atoms with Crippen LogP contribution in [-0.2, 0) is 15.0 Å². The predicted molar refractivity (Wildman–Crippen MR) is 83.4 cm³/mol. The molecule has 24 heavy (non-hydrogen) atoms. The van der Waals surface area contributed by atoms with Gasteiger partial charge in [-0.05, 0) is 38.7 Å². The van der Waals surface area contributed by atoms with Crippen LogP contribution in [0, 0.1) is 17.0 Å². The van der Waals surface area contributed by atoms with Gasteiger partial charge in [-0.1, -0.05) is 12.5 Å². The number of carboxylic acids is 1. The molecule has 1 aliphatic carbocycles. The number of halogens is 2. The first kappa shape index (κ1) is 16.9. The molecule has 0 radical (unpaired) electrons. The van der Waals surface area contributed by atoms with Crippen LogP contribution in [0.1, 0.15) is 44.6 Å². The van der Waals surface area contributed by atoms with Crippen molar-refractivity contribution in [2.24, 2.45) is 5.41 Å². The topological polar surface area (TPSA) is 57.6 Å². The van der Waals surface area contributed by atoms with Gasteiger partial charge in [-0.25, -0.2) is 8.78 Å². The number of likely N-dealkylation sites (tertiary alicyclic amines) is 1. The molecule has 1 aromatic carbocycles. The Kier molecular flexibility index (Phi) is 4.10. The van der Waals surface area contributed by atoms with Crippen LogP contribution in [-0.4, -0.2) is 35.0 Å². The molecule has 4 nitrogen and oxygen atoms in total. The first-order chi connectivity index (χ1) is 11.3. The van der Waals surface area contributed by atoms with Crippen molar-refractivity contribution in [2.45, 2.75) is 44.4 Å². The maximum Gasteiger partial charge on any atom is 0.311 e. The van der Waals surface area contributed by atoms with E-state index in [-0.39, 0.29) is 18.0 Å². The van der Waals surface area contributed by atoms with Crippen molar-refractivity contribution < 1.29 is 23.5 Å². The summed E-state index contributed by atoms with van der Waals surface area (Å²) in [5.74, 6) is -2.53. The Morgan fingerprint density at radius 2 is 1.88 bits per heavy atom. The summed E-state index contributed by atoms with van der Waals surface area (Å²) in [7, 11) is 0. The average molecular weight is 337 g/mol. The first-order valence-corrected chi connectivity index (χ1v) is 8.27. The van der Waals surface area contributed by atoms with Gasteiger partial charge < -0.3 is 10.0 Å². The van der Waals surface area contributed by atoms with Crippen molar-refractivity contribution in [2.75, 3.05) is 13.1 Å². The second kappa shape index (κ2) is 5.83. The van der Waals surface area contributed by atoms with E-state index in [0.717, 1.165) is 12.5 Å². The molecule has 2 aliphatic rings. The summed E-state index contributed by atoms with van der Waals surface area (Å²) in [6.07, 6.45) is 2.94. The minimum Gasteiger partial charge on any atom is -0.481 e. The van der Waals surface area contributed by atoms with Gasteiger partial charge in [-0.2, -0.15) is 0 Å². The van der Waals surface area contributed by atoms with Gasteiger partial charge in [-0.3, -0.25) is 9.59 Å². The molecule has 1 amide bonds. The van der Waals surface area contributed by atoms with Crippen LogP contribution >= 0.6 is 0 Å². The summed E-state index contributed by atoms with van der Waals surface area (Å²) in [5, 5.41) is 9.42. The highest BCUT2D eigenvalue weighted by Gasteiger charge is 2.51. The molecule has 1 aromatic rings. The molecule has 1 heterocycles. The molecule has 1 aliphatic heterocycles. The Labute approximate surface area is 139 Å². The van der Waals surface area contributed by atoms with Crippen molar-refractivity contribution in [3.05, 3.63) is 35.4 Å². The van der Waals surface area contributed by atoms with E-state index in [1.54, 1.807) is 11.8 Å². The summed E-state index contributed by atoms with van der Waals surface area (Å²) < 4.78 is 27.5. The highest BCUT2D eigenvalue weighted by Crippen LogP contribution is 2.47. The molecular formula is C18H21F2NO3. The van der Waals surface area contributed by atoms with Gasteiger partial charge in [0.2, 0.25) is 5.91 Å². The molecule has 1 saturated carbocycles. The van der Waals surface area contributed by atoms with Crippen LogP contribution in [0.2, 0.25) is 0 Å².